The Kier molecular flexibility index (Phi) is 8.68. The Labute approximate surface area is 164 Å². The van der Waals surface area contributed by atoms with Gasteiger partial charge in [0.25, 0.3) is 10.1 Å². The van der Waals surface area contributed by atoms with Gasteiger partial charge < -0.3 is 9.47 Å². The predicted molar refractivity (Wildman–Crippen MR) is 114 cm³/mol. The molecule has 0 atom stereocenters. The Morgan fingerprint density at radius 2 is 1.44 bits per heavy atom. The highest BCUT2D eigenvalue weighted by atomic mass is 32.2. The first-order valence-corrected chi connectivity index (χ1v) is 10.7. The Hall–Kier alpha value is -1.67. The van der Waals surface area contributed by atoms with Crippen LogP contribution in [-0.4, -0.2) is 75.3 Å². The minimum atomic E-state index is -4.25. The molecule has 1 N–H and O–H groups in total. The average Bonchev–Trinajstić information content (AvgIpc) is 2.59. The predicted octanol–water partition coefficient (Wildman–Crippen LogP) is -3.43. The van der Waals surface area contributed by atoms with Crippen LogP contribution in [0.3, 0.4) is 0 Å². The first kappa shape index (κ1) is 23.4. The number of carbonyl (C=O) groups is 2. The quantitative estimate of drug-likeness (QED) is 0.265. The third-order valence-electron chi connectivity index (χ3n) is 4.43. The van der Waals surface area contributed by atoms with Crippen LogP contribution >= 0.6 is 0 Å². The van der Waals surface area contributed by atoms with E-state index in [1.807, 2.05) is 23.5 Å². The topological polar surface area (TPSA) is 107 Å². The van der Waals surface area contributed by atoms with E-state index in [9.17, 15) is 18.0 Å². The number of rotatable bonds is 9. The summed E-state index contributed by atoms with van der Waals surface area (Å²) in [4.78, 5) is 25.3. The Balaban J connectivity index is 3.59. The number of hydrogen-bond acceptors (Lipinski definition) is 6. The molecule has 0 aliphatic heterocycles. The van der Waals surface area contributed by atoms with Gasteiger partial charge in [0, 0.05) is 0 Å². The SMILES string of the molecule is BCc1c(B)c(C(=O)OCC)c(C(=O)OCCS(=O)(=O)O)c(CB)c1CB. The molecule has 7 nitrogen and oxygen atoms in total. The first-order valence-electron chi connectivity index (χ1n) is 9.09. The summed E-state index contributed by atoms with van der Waals surface area (Å²) in [5.41, 5.74) is 3.67. The highest BCUT2D eigenvalue weighted by Crippen LogP contribution is 2.24. The molecule has 1 rings (SSSR count). The zero-order valence-electron chi connectivity index (χ0n) is 16.5. The van der Waals surface area contributed by atoms with Gasteiger partial charge >= 0.3 is 11.9 Å². The lowest BCUT2D eigenvalue weighted by Gasteiger charge is -2.23. The monoisotopic (exact) mass is 392 g/mol. The van der Waals surface area contributed by atoms with E-state index in [2.05, 4.69) is 0 Å². The van der Waals surface area contributed by atoms with Crippen LogP contribution in [0, 0.1) is 0 Å². The van der Waals surface area contributed by atoms with Crippen molar-refractivity contribution < 1.29 is 32.0 Å². The largest absolute Gasteiger partial charge is 0.462 e. The summed E-state index contributed by atoms with van der Waals surface area (Å²) in [6.45, 7) is 1.34. The molecule has 0 saturated heterocycles. The number of carbonyl (C=O) groups excluding carboxylic acids is 2. The molecule has 0 fully saturated rings. The zero-order valence-corrected chi connectivity index (χ0v) is 17.4. The fourth-order valence-electron chi connectivity index (χ4n) is 3.34. The molecule has 1 aromatic carbocycles. The van der Waals surface area contributed by atoms with Crippen molar-refractivity contribution in [3.8, 4) is 0 Å². The van der Waals surface area contributed by atoms with Crippen molar-refractivity contribution in [1.29, 1.82) is 0 Å². The summed E-state index contributed by atoms with van der Waals surface area (Å²) >= 11 is 0. The van der Waals surface area contributed by atoms with Gasteiger partial charge in [0.2, 0.25) is 0 Å². The minimum Gasteiger partial charge on any atom is -0.462 e. The lowest BCUT2D eigenvalue weighted by Crippen LogP contribution is -2.31. The van der Waals surface area contributed by atoms with Crippen molar-refractivity contribution in [3.05, 3.63) is 27.8 Å². The molecule has 0 amide bonds. The van der Waals surface area contributed by atoms with Gasteiger partial charge in [0.05, 0.1) is 17.7 Å². The molecule has 27 heavy (non-hydrogen) atoms. The minimum absolute atomic E-state index is 0.123. The van der Waals surface area contributed by atoms with Crippen LogP contribution in [0.1, 0.15) is 44.3 Å². The summed E-state index contributed by atoms with van der Waals surface area (Å²) in [5.74, 6) is -2.11. The van der Waals surface area contributed by atoms with Gasteiger partial charge in [-0.3, -0.25) is 4.55 Å². The van der Waals surface area contributed by atoms with E-state index < -0.39 is 34.4 Å². The van der Waals surface area contributed by atoms with Gasteiger partial charge in [-0.25, -0.2) is 9.59 Å². The molecule has 144 valence electrons. The van der Waals surface area contributed by atoms with Crippen molar-refractivity contribution in [2.45, 2.75) is 25.9 Å². The van der Waals surface area contributed by atoms with E-state index in [0.29, 0.717) is 30.0 Å². The van der Waals surface area contributed by atoms with E-state index in [4.69, 9.17) is 14.0 Å². The van der Waals surface area contributed by atoms with E-state index in [-0.39, 0.29) is 17.7 Å². The van der Waals surface area contributed by atoms with Gasteiger partial charge in [-0.15, -0.1) is 0 Å². The maximum absolute atomic E-state index is 12.8. The van der Waals surface area contributed by atoms with Crippen molar-refractivity contribution in [2.75, 3.05) is 19.0 Å². The summed E-state index contributed by atoms with van der Waals surface area (Å²) in [6.07, 6.45) is 1.89. The summed E-state index contributed by atoms with van der Waals surface area (Å²) in [5, 5.41) is 0. The fraction of sp³-hybridized carbons (Fsp3) is 0.467. The van der Waals surface area contributed by atoms with Crippen molar-refractivity contribution >= 4 is 58.9 Å². The Bertz CT molecular complexity index is 824. The van der Waals surface area contributed by atoms with Crippen LogP contribution in [0.25, 0.3) is 0 Å². The summed E-state index contributed by atoms with van der Waals surface area (Å²) in [7, 11) is 3.37. The third kappa shape index (κ3) is 5.65. The van der Waals surface area contributed by atoms with Gasteiger partial charge in [-0.1, -0.05) is 35.6 Å². The molecule has 0 aliphatic carbocycles. The van der Waals surface area contributed by atoms with E-state index in [1.165, 1.54) is 0 Å². The maximum atomic E-state index is 12.8. The molecule has 0 aliphatic rings. The van der Waals surface area contributed by atoms with Crippen LogP contribution in [-0.2, 0) is 38.6 Å². The molecule has 1 aromatic rings. The number of esters is 2. The third-order valence-corrected chi connectivity index (χ3v) is 5.11. The second-order valence-electron chi connectivity index (χ2n) is 6.01. The standard InChI is InChI=1S/C15H24B4O7S/c1-2-25-15(21)12-11(14(20)26-3-4-27(22,23)24)9(6-17)8(5-16)10(7-18)13(12)19/h2-7,16-19H2,1H3,(H,22,23,24). The number of ether oxygens (including phenoxy) is 2. The number of benzene rings is 1. The molecule has 12 heteroatoms. The van der Waals surface area contributed by atoms with Crippen molar-refractivity contribution in [3.63, 3.8) is 0 Å². The summed E-state index contributed by atoms with van der Waals surface area (Å²) < 4.78 is 40.7. The second kappa shape index (κ2) is 10.0. The van der Waals surface area contributed by atoms with Crippen LogP contribution in [0.15, 0.2) is 0 Å². The molecule has 0 aromatic heterocycles. The Morgan fingerprint density at radius 3 is 1.89 bits per heavy atom. The van der Waals surface area contributed by atoms with Crippen LogP contribution in [0.2, 0.25) is 0 Å². The zero-order chi connectivity index (χ0) is 20.8. The van der Waals surface area contributed by atoms with Crippen molar-refractivity contribution in [2.24, 2.45) is 0 Å². The lowest BCUT2D eigenvalue weighted by molar-refractivity contribution is 0.0480. The molecule has 0 spiro atoms. The lowest BCUT2D eigenvalue weighted by atomic mass is 9.70. The van der Waals surface area contributed by atoms with Gasteiger partial charge in [0.1, 0.15) is 43.7 Å². The molecular weight excluding hydrogens is 367 g/mol. The van der Waals surface area contributed by atoms with E-state index >= 15 is 0 Å². The fourth-order valence-corrected chi connectivity index (χ4v) is 3.63. The molecule has 0 saturated carbocycles. The van der Waals surface area contributed by atoms with Crippen molar-refractivity contribution in [1.82, 2.24) is 0 Å². The normalized spacial score (nSPS) is 11.2. The molecule has 0 heterocycles. The van der Waals surface area contributed by atoms with E-state index in [1.54, 1.807) is 14.8 Å². The smallest absolute Gasteiger partial charge is 0.339 e. The second-order valence-corrected chi connectivity index (χ2v) is 7.59. The molecular formula is C15H24B4O7S. The highest BCUT2D eigenvalue weighted by molar-refractivity contribution is 7.85. The van der Waals surface area contributed by atoms with Gasteiger partial charge in [-0.05, 0) is 12.5 Å². The number of hydrogen-bond donors (Lipinski definition) is 1. The van der Waals surface area contributed by atoms with Crippen LogP contribution in [0.5, 0.6) is 0 Å². The van der Waals surface area contributed by atoms with E-state index in [0.717, 1.165) is 11.1 Å². The van der Waals surface area contributed by atoms with Gasteiger partial charge in [0.15, 0.2) is 0 Å². The molecule has 0 radical (unpaired) electrons. The average molecular weight is 392 g/mol. The maximum Gasteiger partial charge on any atom is 0.339 e. The first-order chi connectivity index (χ1) is 12.6. The van der Waals surface area contributed by atoms with Gasteiger partial charge in [-0.2, -0.15) is 8.42 Å². The highest BCUT2D eigenvalue weighted by Gasteiger charge is 2.29. The summed E-state index contributed by atoms with van der Waals surface area (Å²) in [6, 6.07) is 0. The Morgan fingerprint density at radius 1 is 0.926 bits per heavy atom. The molecule has 0 bridgehead atoms. The molecule has 0 unspecified atom stereocenters. The van der Waals surface area contributed by atoms with Crippen LogP contribution in [0.4, 0.5) is 0 Å². The van der Waals surface area contributed by atoms with Crippen LogP contribution < -0.4 is 5.46 Å².